The van der Waals surface area contributed by atoms with Gasteiger partial charge in [0.25, 0.3) is 0 Å². The van der Waals surface area contributed by atoms with E-state index in [1.54, 1.807) is 31.0 Å². The Morgan fingerprint density at radius 1 is 1.25 bits per heavy atom. The lowest BCUT2D eigenvalue weighted by atomic mass is 10.1. The van der Waals surface area contributed by atoms with Gasteiger partial charge >= 0.3 is 0 Å². The van der Waals surface area contributed by atoms with E-state index in [2.05, 4.69) is 22.5 Å². The number of hydrogen-bond acceptors (Lipinski definition) is 2. The van der Waals surface area contributed by atoms with Crippen molar-refractivity contribution in [2.75, 3.05) is 13.7 Å². The number of benzene rings is 1. The maximum atomic E-state index is 14.2. The first kappa shape index (κ1) is 14.8. The van der Waals surface area contributed by atoms with E-state index in [9.17, 15) is 8.78 Å². The first-order chi connectivity index (χ1) is 9.45. The lowest BCUT2D eigenvalue weighted by Gasteiger charge is -2.28. The number of rotatable bonds is 3. The van der Waals surface area contributed by atoms with Gasteiger partial charge in [-0.2, -0.15) is 0 Å². The average Bonchev–Trinajstić information content (AvgIpc) is 2.38. The van der Waals surface area contributed by atoms with Crippen LogP contribution in [0.2, 0.25) is 0 Å². The number of nitrogens with zero attached hydrogens (tertiary/aromatic N) is 1. The summed E-state index contributed by atoms with van der Waals surface area (Å²) in [5, 5.41) is 0. The molecule has 0 aliphatic carbocycles. The van der Waals surface area contributed by atoms with Crippen LogP contribution in [0.3, 0.4) is 0 Å². The SMILES string of the molecule is C=C1C(Br)=CC=C(c2c(F)cc(OCC)cc2F)N1C. The third-order valence-corrected chi connectivity index (χ3v) is 3.73. The average molecular weight is 342 g/mol. The van der Waals surface area contributed by atoms with E-state index in [-0.39, 0.29) is 11.3 Å². The van der Waals surface area contributed by atoms with Gasteiger partial charge in [0.2, 0.25) is 0 Å². The summed E-state index contributed by atoms with van der Waals surface area (Å²) in [6.07, 6.45) is 3.35. The standard InChI is InChI=1S/C15H14BrF2NO/c1-4-20-10-7-12(17)15(13(18)8-10)14-6-5-11(16)9(2)19(14)3/h5-8H,2,4H2,1,3H3. The molecule has 0 aromatic heterocycles. The molecule has 1 aromatic carbocycles. The zero-order valence-electron chi connectivity index (χ0n) is 11.2. The fourth-order valence-electron chi connectivity index (χ4n) is 1.96. The van der Waals surface area contributed by atoms with Crippen LogP contribution in [-0.4, -0.2) is 18.6 Å². The maximum absolute atomic E-state index is 14.2. The number of ether oxygens (including phenoxy) is 1. The van der Waals surface area contributed by atoms with Crippen molar-refractivity contribution in [1.29, 1.82) is 0 Å². The molecule has 0 bridgehead atoms. The van der Waals surface area contributed by atoms with Gasteiger partial charge in [-0.3, -0.25) is 0 Å². The number of likely N-dealkylation sites (N-methyl/N-ethyl adjacent to an activating group) is 1. The van der Waals surface area contributed by atoms with Crippen LogP contribution in [0.5, 0.6) is 5.75 Å². The second kappa shape index (κ2) is 5.79. The highest BCUT2D eigenvalue weighted by Gasteiger charge is 2.22. The monoisotopic (exact) mass is 341 g/mol. The lowest BCUT2D eigenvalue weighted by molar-refractivity contribution is 0.335. The van der Waals surface area contributed by atoms with E-state index in [1.807, 2.05) is 0 Å². The summed E-state index contributed by atoms with van der Waals surface area (Å²) in [5.74, 6) is -1.14. The Morgan fingerprint density at radius 2 is 1.85 bits per heavy atom. The molecule has 0 unspecified atom stereocenters. The van der Waals surface area contributed by atoms with Crippen molar-refractivity contribution in [2.24, 2.45) is 0 Å². The number of halogens is 3. The van der Waals surface area contributed by atoms with Crippen molar-refractivity contribution in [2.45, 2.75) is 6.92 Å². The van der Waals surface area contributed by atoms with Gasteiger partial charge < -0.3 is 9.64 Å². The predicted octanol–water partition coefficient (Wildman–Crippen LogP) is 4.44. The Kier molecular flexibility index (Phi) is 4.28. The third kappa shape index (κ3) is 2.63. The fourth-order valence-corrected chi connectivity index (χ4v) is 2.36. The normalized spacial score (nSPS) is 15.1. The molecule has 106 valence electrons. The molecular weight excluding hydrogens is 328 g/mol. The van der Waals surface area contributed by atoms with Crippen LogP contribution in [0.15, 0.2) is 41.0 Å². The summed E-state index contributed by atoms with van der Waals surface area (Å²) < 4.78 is 34.2. The maximum Gasteiger partial charge on any atom is 0.139 e. The van der Waals surface area contributed by atoms with Gasteiger partial charge in [0.1, 0.15) is 17.4 Å². The van der Waals surface area contributed by atoms with Gasteiger partial charge in [0.05, 0.1) is 17.9 Å². The highest BCUT2D eigenvalue weighted by atomic mass is 79.9. The summed E-state index contributed by atoms with van der Waals surface area (Å²) in [7, 11) is 1.71. The van der Waals surface area contributed by atoms with Crippen LogP contribution in [0.4, 0.5) is 8.78 Å². The van der Waals surface area contributed by atoms with Crippen molar-refractivity contribution in [3.05, 3.63) is 58.2 Å². The summed E-state index contributed by atoms with van der Waals surface area (Å²) in [5.41, 5.74) is 0.958. The molecule has 20 heavy (non-hydrogen) atoms. The zero-order chi connectivity index (χ0) is 14.9. The molecular formula is C15H14BrF2NO. The lowest BCUT2D eigenvalue weighted by Crippen LogP contribution is -2.19. The van der Waals surface area contributed by atoms with E-state index in [0.717, 1.165) is 4.48 Å². The second-order valence-corrected chi connectivity index (χ2v) is 5.12. The molecule has 2 rings (SSSR count). The van der Waals surface area contributed by atoms with Crippen molar-refractivity contribution >= 4 is 21.6 Å². The number of hydrogen-bond donors (Lipinski definition) is 0. The molecule has 0 saturated carbocycles. The minimum atomic E-state index is -0.661. The van der Waals surface area contributed by atoms with Crippen molar-refractivity contribution in [1.82, 2.24) is 4.90 Å². The summed E-state index contributed by atoms with van der Waals surface area (Å²) in [4.78, 5) is 1.63. The number of allylic oxidation sites excluding steroid dienone is 3. The van der Waals surface area contributed by atoms with Crippen molar-refractivity contribution in [3.63, 3.8) is 0 Å². The molecule has 0 fully saturated rings. The predicted molar refractivity (Wildman–Crippen MR) is 79.4 cm³/mol. The summed E-state index contributed by atoms with van der Waals surface area (Å²) >= 11 is 3.33. The van der Waals surface area contributed by atoms with Gasteiger partial charge in [-0.05, 0) is 35.0 Å². The van der Waals surface area contributed by atoms with Gasteiger partial charge in [0, 0.05) is 29.4 Å². The minimum absolute atomic E-state index is 0.0895. The van der Waals surface area contributed by atoms with Crippen molar-refractivity contribution < 1.29 is 13.5 Å². The van der Waals surface area contributed by atoms with E-state index in [0.29, 0.717) is 18.0 Å². The topological polar surface area (TPSA) is 12.5 Å². The molecule has 0 spiro atoms. The van der Waals surface area contributed by atoms with Gasteiger partial charge in [-0.25, -0.2) is 8.78 Å². The molecule has 1 aromatic rings. The second-order valence-electron chi connectivity index (χ2n) is 4.27. The zero-order valence-corrected chi connectivity index (χ0v) is 12.8. The molecule has 1 aliphatic heterocycles. The summed E-state index contributed by atoms with van der Waals surface area (Å²) in [6.45, 7) is 5.97. The Morgan fingerprint density at radius 3 is 2.40 bits per heavy atom. The Labute approximate surface area is 125 Å². The van der Waals surface area contributed by atoms with Gasteiger partial charge in [-0.15, -0.1) is 0 Å². The molecule has 0 radical (unpaired) electrons. The van der Waals surface area contributed by atoms with E-state index in [4.69, 9.17) is 4.74 Å². The quantitative estimate of drug-likeness (QED) is 0.805. The molecule has 0 atom stereocenters. The third-order valence-electron chi connectivity index (χ3n) is 3.01. The first-order valence-corrected chi connectivity index (χ1v) is 6.87. The molecule has 5 heteroatoms. The molecule has 0 saturated heterocycles. The minimum Gasteiger partial charge on any atom is -0.494 e. The molecule has 0 N–H and O–H groups in total. The van der Waals surface area contributed by atoms with Gasteiger partial charge in [0.15, 0.2) is 0 Å². The van der Waals surface area contributed by atoms with Crippen LogP contribution in [-0.2, 0) is 0 Å². The van der Waals surface area contributed by atoms with E-state index >= 15 is 0 Å². The Bertz CT molecular complexity index is 599. The van der Waals surface area contributed by atoms with Crippen LogP contribution in [0.1, 0.15) is 12.5 Å². The van der Waals surface area contributed by atoms with Crippen LogP contribution >= 0.6 is 15.9 Å². The van der Waals surface area contributed by atoms with E-state index < -0.39 is 11.6 Å². The largest absolute Gasteiger partial charge is 0.494 e. The van der Waals surface area contributed by atoms with Crippen LogP contribution < -0.4 is 4.74 Å². The van der Waals surface area contributed by atoms with E-state index in [1.165, 1.54) is 12.1 Å². The highest BCUT2D eigenvalue weighted by Crippen LogP contribution is 2.35. The molecule has 2 nitrogen and oxygen atoms in total. The van der Waals surface area contributed by atoms with Gasteiger partial charge in [-0.1, -0.05) is 6.58 Å². The van der Waals surface area contributed by atoms with Crippen LogP contribution in [0.25, 0.3) is 5.70 Å². The molecule has 1 heterocycles. The Balaban J connectivity index is 2.51. The molecule has 0 amide bonds. The van der Waals surface area contributed by atoms with Crippen molar-refractivity contribution in [3.8, 4) is 5.75 Å². The van der Waals surface area contributed by atoms with Crippen LogP contribution in [0, 0.1) is 11.6 Å². The fraction of sp³-hybridized carbons (Fsp3) is 0.200. The highest BCUT2D eigenvalue weighted by molar-refractivity contribution is 9.12. The first-order valence-electron chi connectivity index (χ1n) is 6.08. The Hall–Kier alpha value is -1.62. The smallest absolute Gasteiger partial charge is 0.139 e. The molecule has 1 aliphatic rings. The summed E-state index contributed by atoms with van der Waals surface area (Å²) in [6, 6.07) is 2.37.